The zero-order valence-electron chi connectivity index (χ0n) is 23.1. The zero-order chi connectivity index (χ0) is 27.5. The molecule has 210 valence electrons. The summed E-state index contributed by atoms with van der Waals surface area (Å²) in [6.07, 6.45) is 0.817. The Labute approximate surface area is 248 Å². The second-order valence-corrected chi connectivity index (χ2v) is 11.2. The fourth-order valence-corrected chi connectivity index (χ4v) is 6.37. The molecule has 3 heterocycles. The smallest absolute Gasteiger partial charge is 0.270 e. The van der Waals surface area contributed by atoms with Gasteiger partial charge < -0.3 is 14.4 Å². The van der Waals surface area contributed by atoms with Gasteiger partial charge in [0, 0.05) is 22.9 Å². The first-order valence-electron chi connectivity index (χ1n) is 12.6. The van der Waals surface area contributed by atoms with Crippen molar-refractivity contribution < 1.29 is 14.3 Å². The molecule has 2 aromatic carbocycles. The number of rotatable bonds is 10. The Morgan fingerprint density at radius 1 is 1.02 bits per heavy atom. The Morgan fingerprint density at radius 3 is 2.50 bits per heavy atom. The van der Waals surface area contributed by atoms with Gasteiger partial charge in [-0.25, -0.2) is 9.67 Å². The van der Waals surface area contributed by atoms with Crippen LogP contribution < -0.4 is 14.4 Å². The van der Waals surface area contributed by atoms with E-state index >= 15 is 0 Å². The molecule has 0 aliphatic carbocycles. The first-order valence-corrected chi connectivity index (χ1v) is 14.3. The van der Waals surface area contributed by atoms with Crippen molar-refractivity contribution in [3.8, 4) is 28.4 Å². The molecule has 0 fully saturated rings. The van der Waals surface area contributed by atoms with Gasteiger partial charge in [0.05, 0.1) is 36.2 Å². The van der Waals surface area contributed by atoms with Crippen LogP contribution in [-0.2, 0) is 0 Å². The molecule has 0 radical (unpaired) electrons. The molecule has 40 heavy (non-hydrogen) atoms. The molecule has 0 spiro atoms. The molecule has 5 rings (SSSR count). The molecule has 0 aliphatic rings. The Hall–Kier alpha value is -3.44. The molecule has 0 aliphatic heterocycles. The highest BCUT2D eigenvalue weighted by Crippen LogP contribution is 2.37. The van der Waals surface area contributed by atoms with Crippen molar-refractivity contribution in [2.75, 3.05) is 46.3 Å². The van der Waals surface area contributed by atoms with Crippen molar-refractivity contribution in [3.63, 3.8) is 0 Å². The Kier molecular flexibility index (Phi) is 9.47. The Balaban J connectivity index is 0.00000370. The van der Waals surface area contributed by atoms with E-state index in [1.54, 1.807) is 19.1 Å². The van der Waals surface area contributed by atoms with Gasteiger partial charge in [-0.3, -0.25) is 9.69 Å². The lowest BCUT2D eigenvalue weighted by Gasteiger charge is -2.20. The topological polar surface area (TPSA) is 72.7 Å². The zero-order valence-corrected chi connectivity index (χ0v) is 25.5. The summed E-state index contributed by atoms with van der Waals surface area (Å²) in [4.78, 5) is 24.5. The van der Waals surface area contributed by atoms with Crippen molar-refractivity contribution in [2.45, 2.75) is 13.3 Å². The maximum atomic E-state index is 14.0. The van der Waals surface area contributed by atoms with Crippen LogP contribution in [0.3, 0.4) is 0 Å². The van der Waals surface area contributed by atoms with Crippen LogP contribution in [0.5, 0.6) is 11.5 Å². The number of para-hydroxylation sites is 1. The fraction of sp³-hybridized carbons (Fsp3) is 0.276. The van der Waals surface area contributed by atoms with Crippen molar-refractivity contribution >= 4 is 56.3 Å². The first kappa shape index (κ1) is 29.5. The number of nitrogens with zero attached hydrogens (tertiary/aromatic N) is 5. The largest absolute Gasteiger partial charge is 0.497 e. The monoisotopic (exact) mass is 597 g/mol. The van der Waals surface area contributed by atoms with E-state index in [1.807, 2.05) is 85.7 Å². The number of benzene rings is 2. The average molecular weight is 598 g/mol. The predicted molar refractivity (Wildman–Crippen MR) is 166 cm³/mol. The van der Waals surface area contributed by atoms with Crippen LogP contribution in [0, 0.1) is 6.92 Å². The number of carbonyl (C=O) groups is 1. The van der Waals surface area contributed by atoms with Gasteiger partial charge in [-0.1, -0.05) is 18.2 Å². The molecule has 5 aromatic rings. The summed E-state index contributed by atoms with van der Waals surface area (Å²) in [5.41, 5.74) is 3.42. The maximum Gasteiger partial charge on any atom is 0.270 e. The Morgan fingerprint density at radius 2 is 1.80 bits per heavy atom. The summed E-state index contributed by atoms with van der Waals surface area (Å²) in [5, 5.41) is 8.32. The minimum atomic E-state index is -0.0625. The van der Waals surface area contributed by atoms with E-state index in [1.165, 1.54) is 22.7 Å². The number of hydrogen-bond acceptors (Lipinski definition) is 8. The van der Waals surface area contributed by atoms with Crippen LogP contribution in [-0.4, -0.2) is 67.0 Å². The quantitative estimate of drug-likeness (QED) is 0.182. The summed E-state index contributed by atoms with van der Waals surface area (Å²) in [5.74, 6) is 1.35. The number of hydrogen-bond donors (Lipinski definition) is 0. The normalized spacial score (nSPS) is 11.1. The molecule has 8 nitrogen and oxygen atoms in total. The molecule has 0 bridgehead atoms. The Bertz CT molecular complexity index is 1600. The van der Waals surface area contributed by atoms with Gasteiger partial charge in [-0.2, -0.15) is 5.10 Å². The number of carbonyl (C=O) groups excluding carboxylic acids is 1. The number of fused-ring (bicyclic) bond motifs is 1. The van der Waals surface area contributed by atoms with Crippen LogP contribution in [0.1, 0.15) is 21.8 Å². The van der Waals surface area contributed by atoms with Gasteiger partial charge in [0.1, 0.15) is 16.3 Å². The number of halogens is 1. The van der Waals surface area contributed by atoms with Crippen LogP contribution in [0.2, 0.25) is 0 Å². The molecule has 0 atom stereocenters. The molecule has 3 aromatic heterocycles. The summed E-state index contributed by atoms with van der Waals surface area (Å²) >= 11 is 2.91. The number of aromatic nitrogens is 3. The van der Waals surface area contributed by atoms with Crippen LogP contribution in [0.25, 0.3) is 27.2 Å². The van der Waals surface area contributed by atoms with E-state index in [4.69, 9.17) is 19.6 Å². The highest BCUT2D eigenvalue weighted by molar-refractivity contribution is 7.20. The molecular weight excluding hydrogens is 566 g/mol. The van der Waals surface area contributed by atoms with Gasteiger partial charge >= 0.3 is 0 Å². The third-order valence-corrected chi connectivity index (χ3v) is 8.36. The second kappa shape index (κ2) is 12.8. The van der Waals surface area contributed by atoms with Crippen molar-refractivity contribution in [3.05, 3.63) is 70.5 Å². The average Bonchev–Trinajstić information content (AvgIpc) is 3.68. The van der Waals surface area contributed by atoms with Crippen LogP contribution >= 0.6 is 35.1 Å². The lowest BCUT2D eigenvalue weighted by Crippen LogP contribution is -2.33. The van der Waals surface area contributed by atoms with Gasteiger partial charge in [-0.15, -0.1) is 35.1 Å². The standard InChI is InChI=1S/C29H31N5O3S2.ClH/c1-19-22-17-26(39-28(22)34(31-19)20-10-7-6-8-11-20)27(35)33(15-9-14-32(2)3)29-30-24(18-38-29)23-16-21(36-4)12-13-25(23)37-5;/h6-8,10-13,16-18H,9,14-15H2,1-5H3;1H. The minimum Gasteiger partial charge on any atom is -0.497 e. The number of thiophene rings is 1. The van der Waals surface area contributed by atoms with E-state index in [-0.39, 0.29) is 18.3 Å². The number of amides is 1. The molecular formula is C29H32ClN5O3S2. The lowest BCUT2D eigenvalue weighted by atomic mass is 10.1. The van der Waals surface area contributed by atoms with E-state index < -0.39 is 0 Å². The van der Waals surface area contributed by atoms with Gasteiger partial charge in [0.2, 0.25) is 0 Å². The van der Waals surface area contributed by atoms with Crippen LogP contribution in [0.4, 0.5) is 5.13 Å². The summed E-state index contributed by atoms with van der Waals surface area (Å²) in [6, 6.07) is 17.6. The number of anilines is 1. The van der Waals surface area contributed by atoms with Crippen molar-refractivity contribution in [1.82, 2.24) is 19.7 Å². The SMILES string of the molecule is COc1ccc(OC)c(-c2csc(N(CCCN(C)C)C(=O)c3cc4c(C)nn(-c5ccccc5)c4s3)n2)c1.Cl. The van der Waals surface area contributed by atoms with Gasteiger partial charge in [0.25, 0.3) is 5.91 Å². The van der Waals surface area contributed by atoms with Crippen molar-refractivity contribution in [1.29, 1.82) is 0 Å². The predicted octanol–water partition coefficient (Wildman–Crippen LogP) is 6.56. The molecule has 0 unspecified atom stereocenters. The molecule has 0 saturated heterocycles. The van der Waals surface area contributed by atoms with E-state index in [2.05, 4.69) is 4.90 Å². The molecule has 0 N–H and O–H groups in total. The number of ether oxygens (including phenoxy) is 2. The third-order valence-electron chi connectivity index (χ3n) is 6.39. The fourth-order valence-electron chi connectivity index (χ4n) is 4.39. The highest BCUT2D eigenvalue weighted by Gasteiger charge is 2.25. The second-order valence-electron chi connectivity index (χ2n) is 9.36. The minimum absolute atomic E-state index is 0. The lowest BCUT2D eigenvalue weighted by molar-refractivity contribution is 0.0990. The molecule has 11 heteroatoms. The maximum absolute atomic E-state index is 14.0. The van der Waals surface area contributed by atoms with Crippen molar-refractivity contribution in [2.24, 2.45) is 0 Å². The van der Waals surface area contributed by atoms with E-state index in [9.17, 15) is 4.79 Å². The van der Waals surface area contributed by atoms with Gasteiger partial charge in [-0.05, 0) is 70.4 Å². The first-order chi connectivity index (χ1) is 18.9. The molecule has 0 saturated carbocycles. The third kappa shape index (κ3) is 6.00. The highest BCUT2D eigenvalue weighted by atomic mass is 35.5. The summed E-state index contributed by atoms with van der Waals surface area (Å²) in [6.45, 7) is 3.39. The summed E-state index contributed by atoms with van der Waals surface area (Å²) in [7, 11) is 7.34. The van der Waals surface area contributed by atoms with Gasteiger partial charge in [0.15, 0.2) is 5.13 Å². The van der Waals surface area contributed by atoms with E-state index in [0.717, 1.165) is 45.8 Å². The van der Waals surface area contributed by atoms with E-state index in [0.29, 0.717) is 28.1 Å². The number of aryl methyl sites for hydroxylation is 1. The summed E-state index contributed by atoms with van der Waals surface area (Å²) < 4.78 is 12.9. The molecule has 1 amide bonds. The number of methoxy groups -OCH3 is 2. The number of thiazole rings is 1. The van der Waals surface area contributed by atoms with Crippen LogP contribution in [0.15, 0.2) is 60.0 Å².